The largest absolute Gasteiger partial charge is 0.325 e. The van der Waals surface area contributed by atoms with Crippen LogP contribution in [0.3, 0.4) is 0 Å². The molecule has 0 saturated heterocycles. The van der Waals surface area contributed by atoms with E-state index < -0.39 is 10.0 Å². The summed E-state index contributed by atoms with van der Waals surface area (Å²) in [6.07, 6.45) is 3.61. The monoisotopic (exact) mass is 311 g/mol. The number of nitrogens with one attached hydrogen (secondary N) is 3. The molecule has 0 spiro atoms. The number of carbonyl (C=O) groups is 1. The zero-order valence-electron chi connectivity index (χ0n) is 12.3. The maximum atomic E-state index is 11.8. The van der Waals surface area contributed by atoms with Gasteiger partial charge in [0.2, 0.25) is 15.9 Å². The van der Waals surface area contributed by atoms with Crippen LogP contribution >= 0.6 is 0 Å². The molecule has 1 aliphatic rings. The molecule has 1 amide bonds. The molecule has 0 atom stereocenters. The second kappa shape index (κ2) is 6.44. The van der Waals surface area contributed by atoms with Gasteiger partial charge < -0.3 is 10.6 Å². The Hall–Kier alpha value is -1.60. The van der Waals surface area contributed by atoms with Crippen LogP contribution in [0.1, 0.15) is 18.4 Å². The number of carbonyl (C=O) groups excluding carboxylic acids is 1. The summed E-state index contributed by atoms with van der Waals surface area (Å²) in [7, 11) is -3.30. The van der Waals surface area contributed by atoms with Crippen LogP contribution in [0, 0.1) is 12.8 Å². The van der Waals surface area contributed by atoms with Crippen LogP contribution in [0.25, 0.3) is 0 Å². The van der Waals surface area contributed by atoms with Gasteiger partial charge in [0.15, 0.2) is 0 Å². The van der Waals surface area contributed by atoms with Crippen molar-refractivity contribution in [3.63, 3.8) is 0 Å². The second-order valence-electron chi connectivity index (χ2n) is 5.53. The number of hydrogen-bond donors (Lipinski definition) is 3. The maximum absolute atomic E-state index is 11.8. The van der Waals surface area contributed by atoms with Crippen LogP contribution in [-0.2, 0) is 14.8 Å². The van der Waals surface area contributed by atoms with Crippen molar-refractivity contribution in [3.8, 4) is 0 Å². The van der Waals surface area contributed by atoms with E-state index in [1.165, 1.54) is 12.8 Å². The lowest BCUT2D eigenvalue weighted by Crippen LogP contribution is -2.29. The minimum atomic E-state index is -3.30. The van der Waals surface area contributed by atoms with Crippen molar-refractivity contribution in [1.29, 1.82) is 0 Å². The number of aryl methyl sites for hydroxylation is 1. The van der Waals surface area contributed by atoms with Crippen molar-refractivity contribution in [2.75, 3.05) is 29.4 Å². The highest BCUT2D eigenvalue weighted by molar-refractivity contribution is 7.92. The Morgan fingerprint density at radius 1 is 1.33 bits per heavy atom. The van der Waals surface area contributed by atoms with E-state index in [2.05, 4.69) is 15.4 Å². The van der Waals surface area contributed by atoms with Gasteiger partial charge >= 0.3 is 0 Å². The lowest BCUT2D eigenvalue weighted by molar-refractivity contribution is -0.115. The first-order valence-corrected chi connectivity index (χ1v) is 8.81. The summed E-state index contributed by atoms with van der Waals surface area (Å²) >= 11 is 0. The Kier molecular flexibility index (Phi) is 4.84. The minimum absolute atomic E-state index is 0.0983. The summed E-state index contributed by atoms with van der Waals surface area (Å²) in [6.45, 7) is 2.97. The molecule has 1 fully saturated rings. The molecule has 1 saturated carbocycles. The van der Waals surface area contributed by atoms with Crippen LogP contribution in [0.5, 0.6) is 0 Å². The van der Waals surface area contributed by atoms with Gasteiger partial charge in [-0.3, -0.25) is 9.52 Å². The van der Waals surface area contributed by atoms with E-state index in [9.17, 15) is 13.2 Å². The third-order valence-electron chi connectivity index (χ3n) is 3.22. The van der Waals surface area contributed by atoms with E-state index >= 15 is 0 Å². The van der Waals surface area contributed by atoms with Gasteiger partial charge in [-0.2, -0.15) is 0 Å². The summed E-state index contributed by atoms with van der Waals surface area (Å²) in [4.78, 5) is 11.8. The zero-order valence-corrected chi connectivity index (χ0v) is 13.1. The fourth-order valence-corrected chi connectivity index (χ4v) is 2.60. The van der Waals surface area contributed by atoms with Gasteiger partial charge in [-0.15, -0.1) is 0 Å². The molecule has 0 heterocycles. The molecular formula is C14H21N3O3S. The van der Waals surface area contributed by atoms with Gasteiger partial charge in [0.25, 0.3) is 0 Å². The van der Waals surface area contributed by atoms with Crippen molar-refractivity contribution < 1.29 is 13.2 Å². The van der Waals surface area contributed by atoms with Crippen LogP contribution < -0.4 is 15.4 Å². The van der Waals surface area contributed by atoms with Gasteiger partial charge in [-0.05, 0) is 56.0 Å². The third kappa shape index (κ3) is 5.73. The summed E-state index contributed by atoms with van der Waals surface area (Å²) in [5.41, 5.74) is 1.93. The standard InChI is InChI=1S/C14H21N3O3S/c1-10-7-12(5-6-13(10)17-21(2,19)20)16-14(18)9-15-8-11-3-4-11/h5-7,11,15,17H,3-4,8-9H2,1-2H3,(H,16,18). The normalized spacial score (nSPS) is 14.8. The van der Waals surface area contributed by atoms with Gasteiger partial charge in [0.05, 0.1) is 18.5 Å². The molecule has 0 unspecified atom stereocenters. The average Bonchev–Trinajstić information content (AvgIpc) is 3.15. The zero-order chi connectivity index (χ0) is 15.5. The lowest BCUT2D eigenvalue weighted by atomic mass is 10.2. The SMILES string of the molecule is Cc1cc(NC(=O)CNCC2CC2)ccc1NS(C)(=O)=O. The van der Waals surface area contributed by atoms with Gasteiger partial charge in [0.1, 0.15) is 0 Å². The Morgan fingerprint density at radius 3 is 2.62 bits per heavy atom. The smallest absolute Gasteiger partial charge is 0.238 e. The van der Waals surface area contributed by atoms with E-state index in [0.717, 1.165) is 24.3 Å². The van der Waals surface area contributed by atoms with Crippen molar-refractivity contribution in [1.82, 2.24) is 5.32 Å². The Morgan fingerprint density at radius 2 is 2.05 bits per heavy atom. The molecule has 6 nitrogen and oxygen atoms in total. The van der Waals surface area contributed by atoms with Crippen molar-refractivity contribution in [2.24, 2.45) is 5.92 Å². The molecule has 1 aromatic carbocycles. The fraction of sp³-hybridized carbons (Fsp3) is 0.500. The minimum Gasteiger partial charge on any atom is -0.325 e. The molecule has 0 aliphatic heterocycles. The molecule has 1 aliphatic carbocycles. The van der Waals surface area contributed by atoms with Crippen LogP contribution in [-0.4, -0.2) is 33.7 Å². The topological polar surface area (TPSA) is 87.3 Å². The molecule has 3 N–H and O–H groups in total. The molecule has 2 rings (SSSR count). The summed E-state index contributed by atoms with van der Waals surface area (Å²) in [6, 6.07) is 5.06. The van der Waals surface area contributed by atoms with E-state index in [-0.39, 0.29) is 5.91 Å². The van der Waals surface area contributed by atoms with Crippen LogP contribution in [0.4, 0.5) is 11.4 Å². The van der Waals surface area contributed by atoms with E-state index in [4.69, 9.17) is 0 Å². The second-order valence-corrected chi connectivity index (χ2v) is 7.27. The Balaban J connectivity index is 1.88. The summed E-state index contributed by atoms with van der Waals surface area (Å²) in [5, 5.41) is 5.91. The highest BCUT2D eigenvalue weighted by atomic mass is 32.2. The molecule has 7 heteroatoms. The predicted octanol–water partition coefficient (Wildman–Crippen LogP) is 1.30. The lowest BCUT2D eigenvalue weighted by Gasteiger charge is -2.11. The molecule has 0 radical (unpaired) electrons. The van der Waals surface area contributed by atoms with Gasteiger partial charge in [0, 0.05) is 5.69 Å². The summed E-state index contributed by atoms with van der Waals surface area (Å²) < 4.78 is 24.8. The third-order valence-corrected chi connectivity index (χ3v) is 3.81. The van der Waals surface area contributed by atoms with Crippen molar-refractivity contribution in [2.45, 2.75) is 19.8 Å². The maximum Gasteiger partial charge on any atom is 0.238 e. The van der Waals surface area contributed by atoms with Crippen molar-refractivity contribution in [3.05, 3.63) is 23.8 Å². The molecule has 1 aromatic rings. The highest BCUT2D eigenvalue weighted by Gasteiger charge is 2.20. The Bertz CT molecular complexity index is 624. The van der Waals surface area contributed by atoms with E-state index in [0.29, 0.717) is 17.9 Å². The Labute approximate surface area is 125 Å². The fourth-order valence-electron chi connectivity index (χ4n) is 1.97. The van der Waals surface area contributed by atoms with Crippen LogP contribution in [0.2, 0.25) is 0 Å². The quantitative estimate of drug-likeness (QED) is 0.708. The first kappa shape index (κ1) is 15.8. The van der Waals surface area contributed by atoms with Crippen LogP contribution in [0.15, 0.2) is 18.2 Å². The van der Waals surface area contributed by atoms with Gasteiger partial charge in [-0.25, -0.2) is 8.42 Å². The first-order chi connectivity index (χ1) is 9.83. The number of rotatable bonds is 7. The number of anilines is 2. The number of amides is 1. The molecule has 0 bridgehead atoms. The molecule has 116 valence electrons. The highest BCUT2D eigenvalue weighted by Crippen LogP contribution is 2.27. The van der Waals surface area contributed by atoms with Gasteiger partial charge in [-0.1, -0.05) is 0 Å². The number of hydrogen-bond acceptors (Lipinski definition) is 4. The summed E-state index contributed by atoms with van der Waals surface area (Å²) in [5.74, 6) is 0.639. The van der Waals surface area contributed by atoms with Crippen molar-refractivity contribution >= 4 is 27.3 Å². The molecular weight excluding hydrogens is 290 g/mol. The average molecular weight is 311 g/mol. The molecule has 0 aromatic heterocycles. The predicted molar refractivity (Wildman–Crippen MR) is 83.9 cm³/mol. The first-order valence-electron chi connectivity index (χ1n) is 6.92. The van der Waals surface area contributed by atoms with E-state index in [1.54, 1.807) is 25.1 Å². The molecule has 21 heavy (non-hydrogen) atoms. The number of sulfonamides is 1. The van der Waals surface area contributed by atoms with E-state index in [1.807, 2.05) is 0 Å². The number of benzene rings is 1.